The van der Waals surface area contributed by atoms with Gasteiger partial charge in [0.2, 0.25) is 0 Å². The maximum atomic E-state index is 10.00. The van der Waals surface area contributed by atoms with Crippen molar-refractivity contribution in [2.75, 3.05) is 39.0 Å². The topological polar surface area (TPSA) is 54.4 Å². The van der Waals surface area contributed by atoms with E-state index in [4.69, 9.17) is 14.2 Å². The van der Waals surface area contributed by atoms with Gasteiger partial charge in [-0.1, -0.05) is 6.07 Å². The van der Waals surface area contributed by atoms with Gasteiger partial charge in [0.05, 0.1) is 20.9 Å². The molecule has 0 unspecified atom stereocenters. The molecule has 6 heteroatoms. The van der Waals surface area contributed by atoms with Crippen LogP contribution in [0.25, 0.3) is 0 Å². The van der Waals surface area contributed by atoms with E-state index in [-0.39, 0.29) is 0 Å². The van der Waals surface area contributed by atoms with Crippen LogP contribution in [0, 0.1) is 0 Å². The summed E-state index contributed by atoms with van der Waals surface area (Å²) in [6, 6.07) is 12.3. The Bertz CT molecular complexity index is 820. The van der Waals surface area contributed by atoms with E-state index in [1.165, 1.54) is 16.8 Å². The van der Waals surface area contributed by atoms with Crippen molar-refractivity contribution in [1.82, 2.24) is 4.90 Å². The van der Waals surface area contributed by atoms with Gasteiger partial charge in [-0.2, -0.15) is 0 Å². The highest BCUT2D eigenvalue weighted by Gasteiger charge is 2.29. The fourth-order valence-electron chi connectivity index (χ4n) is 4.21. The number of anilines is 1. The van der Waals surface area contributed by atoms with Crippen LogP contribution in [-0.2, 0) is 17.8 Å². The van der Waals surface area contributed by atoms with Gasteiger partial charge >= 0.3 is 0 Å². The molecule has 0 atom stereocenters. The second kappa shape index (κ2) is 8.29. The third-order valence-corrected chi connectivity index (χ3v) is 5.60. The highest BCUT2D eigenvalue weighted by molar-refractivity contribution is 5.58. The minimum atomic E-state index is 0.318. The first kappa shape index (κ1) is 18.9. The smallest absolute Gasteiger partial charge is 0.161 e. The lowest BCUT2D eigenvalue weighted by molar-refractivity contribution is 0.0793. The SMILES string of the molecule is COc1ccc(CN2Cc3cc(O)ccc3N(C3CCOCC3)C2)cc1OC. The number of fused-ring (bicyclic) bond motifs is 1. The molecule has 0 aromatic heterocycles. The number of phenolic OH excluding ortho intramolecular Hbond substituents is 1. The molecule has 2 aliphatic rings. The van der Waals surface area contributed by atoms with Crippen LogP contribution in [0.2, 0.25) is 0 Å². The molecule has 0 radical (unpaired) electrons. The van der Waals surface area contributed by atoms with Crippen LogP contribution in [0.5, 0.6) is 17.2 Å². The Balaban J connectivity index is 1.58. The summed E-state index contributed by atoms with van der Waals surface area (Å²) in [5.41, 5.74) is 3.57. The predicted molar refractivity (Wildman–Crippen MR) is 108 cm³/mol. The van der Waals surface area contributed by atoms with Crippen LogP contribution in [0.4, 0.5) is 5.69 Å². The Labute approximate surface area is 166 Å². The van der Waals surface area contributed by atoms with Crippen molar-refractivity contribution in [1.29, 1.82) is 0 Å². The number of hydrogen-bond acceptors (Lipinski definition) is 6. The van der Waals surface area contributed by atoms with Gasteiger partial charge in [-0.25, -0.2) is 0 Å². The molecular formula is C22H28N2O4. The number of methoxy groups -OCH3 is 2. The van der Waals surface area contributed by atoms with Gasteiger partial charge in [0, 0.05) is 38.0 Å². The number of phenols is 1. The van der Waals surface area contributed by atoms with Crippen molar-refractivity contribution in [3.05, 3.63) is 47.5 Å². The zero-order chi connectivity index (χ0) is 19.5. The summed E-state index contributed by atoms with van der Waals surface area (Å²) >= 11 is 0. The van der Waals surface area contributed by atoms with E-state index in [0.717, 1.165) is 57.3 Å². The van der Waals surface area contributed by atoms with Gasteiger partial charge in [-0.05, 0) is 54.3 Å². The maximum Gasteiger partial charge on any atom is 0.161 e. The molecule has 150 valence electrons. The quantitative estimate of drug-likeness (QED) is 0.853. The summed E-state index contributed by atoms with van der Waals surface area (Å²) in [5.74, 6) is 1.80. The lowest BCUT2D eigenvalue weighted by Crippen LogP contribution is -2.49. The lowest BCUT2D eigenvalue weighted by Gasteiger charge is -2.44. The monoisotopic (exact) mass is 384 g/mol. The Morgan fingerprint density at radius 1 is 1.04 bits per heavy atom. The van der Waals surface area contributed by atoms with Gasteiger partial charge in [0.25, 0.3) is 0 Å². The van der Waals surface area contributed by atoms with Crippen molar-refractivity contribution in [3.63, 3.8) is 0 Å². The van der Waals surface area contributed by atoms with Crippen molar-refractivity contribution < 1.29 is 19.3 Å². The molecule has 28 heavy (non-hydrogen) atoms. The van der Waals surface area contributed by atoms with Crippen molar-refractivity contribution in [3.8, 4) is 17.2 Å². The van der Waals surface area contributed by atoms with Gasteiger partial charge < -0.3 is 24.2 Å². The summed E-state index contributed by atoms with van der Waals surface area (Å²) in [4.78, 5) is 4.88. The number of ether oxygens (including phenoxy) is 3. The minimum Gasteiger partial charge on any atom is -0.508 e. The Morgan fingerprint density at radius 2 is 1.82 bits per heavy atom. The number of aromatic hydroxyl groups is 1. The Morgan fingerprint density at radius 3 is 2.57 bits per heavy atom. The molecule has 0 bridgehead atoms. The van der Waals surface area contributed by atoms with Crippen LogP contribution in [0.1, 0.15) is 24.0 Å². The van der Waals surface area contributed by atoms with Crippen LogP contribution in [0.15, 0.2) is 36.4 Å². The molecule has 0 amide bonds. The van der Waals surface area contributed by atoms with Crippen LogP contribution in [0.3, 0.4) is 0 Å². The largest absolute Gasteiger partial charge is 0.508 e. The number of benzene rings is 2. The number of rotatable bonds is 5. The summed E-state index contributed by atoms with van der Waals surface area (Å²) in [7, 11) is 3.31. The summed E-state index contributed by atoms with van der Waals surface area (Å²) in [6.45, 7) is 4.08. The van der Waals surface area contributed by atoms with Gasteiger partial charge in [-0.3, -0.25) is 4.90 Å². The molecule has 0 aliphatic carbocycles. The molecule has 2 aliphatic heterocycles. The first-order chi connectivity index (χ1) is 13.7. The maximum absolute atomic E-state index is 10.00. The normalized spacial score (nSPS) is 18.0. The van der Waals surface area contributed by atoms with Crippen LogP contribution in [-0.4, -0.2) is 50.2 Å². The molecule has 1 fully saturated rings. The third kappa shape index (κ3) is 3.88. The van der Waals surface area contributed by atoms with E-state index in [1.54, 1.807) is 20.3 Å². The van der Waals surface area contributed by atoms with E-state index in [9.17, 15) is 5.11 Å². The molecule has 6 nitrogen and oxygen atoms in total. The van der Waals surface area contributed by atoms with E-state index in [0.29, 0.717) is 11.8 Å². The second-order valence-corrected chi connectivity index (χ2v) is 7.44. The zero-order valence-corrected chi connectivity index (χ0v) is 16.6. The van der Waals surface area contributed by atoms with Gasteiger partial charge in [0.1, 0.15) is 5.75 Å². The van der Waals surface area contributed by atoms with E-state index in [2.05, 4.69) is 15.9 Å². The van der Waals surface area contributed by atoms with Crippen LogP contribution < -0.4 is 14.4 Å². The fraction of sp³-hybridized carbons (Fsp3) is 0.455. The predicted octanol–water partition coefficient (Wildman–Crippen LogP) is 3.37. The number of hydrogen-bond donors (Lipinski definition) is 1. The van der Waals surface area contributed by atoms with Crippen molar-refractivity contribution in [2.24, 2.45) is 0 Å². The van der Waals surface area contributed by atoms with Gasteiger partial charge in [0.15, 0.2) is 11.5 Å². The summed E-state index contributed by atoms with van der Waals surface area (Å²) < 4.78 is 16.4. The minimum absolute atomic E-state index is 0.318. The first-order valence-corrected chi connectivity index (χ1v) is 9.77. The lowest BCUT2D eigenvalue weighted by atomic mass is 10.0. The highest BCUT2D eigenvalue weighted by Crippen LogP contribution is 2.35. The van der Waals surface area contributed by atoms with E-state index >= 15 is 0 Å². The molecule has 1 saturated heterocycles. The third-order valence-electron chi connectivity index (χ3n) is 5.60. The molecule has 0 spiro atoms. The first-order valence-electron chi connectivity index (χ1n) is 9.77. The molecule has 0 saturated carbocycles. The molecule has 2 aromatic carbocycles. The molecular weight excluding hydrogens is 356 g/mol. The fourth-order valence-corrected chi connectivity index (χ4v) is 4.21. The zero-order valence-electron chi connectivity index (χ0n) is 16.6. The Kier molecular flexibility index (Phi) is 5.59. The van der Waals surface area contributed by atoms with Crippen molar-refractivity contribution >= 4 is 5.69 Å². The van der Waals surface area contributed by atoms with E-state index in [1.807, 2.05) is 24.3 Å². The second-order valence-electron chi connectivity index (χ2n) is 7.44. The number of nitrogens with zero attached hydrogens (tertiary/aromatic N) is 2. The summed E-state index contributed by atoms with van der Waals surface area (Å²) in [6.07, 6.45) is 2.06. The van der Waals surface area contributed by atoms with Crippen LogP contribution >= 0.6 is 0 Å². The standard InChI is InChI=1S/C22H28N2O4/c1-26-21-6-3-16(11-22(21)27-2)13-23-14-17-12-19(25)4-5-20(17)24(15-23)18-7-9-28-10-8-18/h3-6,11-12,18,25H,7-10,13-15H2,1-2H3. The van der Waals surface area contributed by atoms with Crippen molar-refractivity contribution in [2.45, 2.75) is 32.0 Å². The average Bonchev–Trinajstić information content (AvgIpc) is 2.73. The molecule has 2 heterocycles. The molecule has 4 rings (SSSR count). The van der Waals surface area contributed by atoms with Gasteiger partial charge in [-0.15, -0.1) is 0 Å². The Hall–Kier alpha value is -2.44. The molecule has 1 N–H and O–H groups in total. The summed E-state index contributed by atoms with van der Waals surface area (Å²) in [5, 5.41) is 10.00. The highest BCUT2D eigenvalue weighted by atomic mass is 16.5. The average molecular weight is 384 g/mol. The van der Waals surface area contributed by atoms with E-state index < -0.39 is 0 Å². The molecule has 2 aromatic rings.